The fraction of sp³-hybridized carbons (Fsp3) is 0.261. The van der Waals surface area contributed by atoms with Crippen molar-refractivity contribution in [2.24, 2.45) is 0 Å². The lowest BCUT2D eigenvalue weighted by molar-refractivity contribution is 0.0697. The molecule has 1 N–H and O–H groups in total. The Kier molecular flexibility index (Phi) is 6.37. The van der Waals surface area contributed by atoms with E-state index in [0.717, 1.165) is 47.6 Å². The summed E-state index contributed by atoms with van der Waals surface area (Å²) in [6, 6.07) is 15.0. The zero-order chi connectivity index (χ0) is 19.9. The maximum Gasteiger partial charge on any atom is 0.336 e. The molecule has 0 bridgehead atoms. The molecule has 0 spiro atoms. The van der Waals surface area contributed by atoms with E-state index in [1.54, 1.807) is 12.1 Å². The van der Waals surface area contributed by atoms with E-state index in [9.17, 15) is 9.90 Å². The minimum atomic E-state index is -0.918. The minimum absolute atomic E-state index is 0.308. The molecule has 0 saturated carbocycles. The van der Waals surface area contributed by atoms with Crippen molar-refractivity contribution in [1.82, 2.24) is 14.8 Å². The first-order valence-corrected chi connectivity index (χ1v) is 9.64. The smallest absolute Gasteiger partial charge is 0.336 e. The van der Waals surface area contributed by atoms with E-state index in [2.05, 4.69) is 30.0 Å². The highest BCUT2D eigenvalue weighted by molar-refractivity contribution is 5.95. The van der Waals surface area contributed by atoms with Crippen LogP contribution >= 0.6 is 0 Å². The van der Waals surface area contributed by atoms with E-state index >= 15 is 0 Å². The number of benzene rings is 2. The minimum Gasteiger partial charge on any atom is -0.478 e. The molecule has 0 radical (unpaired) electrons. The van der Waals surface area contributed by atoms with Crippen LogP contribution in [0.25, 0.3) is 17.2 Å². The number of nitrogens with zero attached hydrogens (tertiary/aromatic N) is 3. The number of allylic oxidation sites excluding steroid dienone is 1. The van der Waals surface area contributed by atoms with E-state index in [1.165, 1.54) is 0 Å². The fourth-order valence-corrected chi connectivity index (χ4v) is 3.08. The maximum atomic E-state index is 11.5. The summed E-state index contributed by atoms with van der Waals surface area (Å²) in [5, 5.41) is 14.0. The standard InChI is InChI=1S/C23H25N3O2/c1-3-5-11-22-24-21(8-4-2)25-26(22)16-17-12-14-18(15-13-17)19-9-6-7-10-20(19)23(27)28/h5-7,9-15H,3-4,8,16H2,1-2H3,(H,27,28)/b11-5+. The van der Waals surface area contributed by atoms with E-state index in [1.807, 2.05) is 47.2 Å². The van der Waals surface area contributed by atoms with E-state index in [4.69, 9.17) is 0 Å². The zero-order valence-corrected chi connectivity index (χ0v) is 16.3. The number of rotatable bonds is 8. The highest BCUT2D eigenvalue weighted by atomic mass is 16.4. The van der Waals surface area contributed by atoms with Crippen LogP contribution in [0, 0.1) is 0 Å². The summed E-state index contributed by atoms with van der Waals surface area (Å²) in [6.07, 6.45) is 6.93. The highest BCUT2D eigenvalue weighted by Gasteiger charge is 2.11. The number of hydrogen-bond acceptors (Lipinski definition) is 3. The van der Waals surface area contributed by atoms with Gasteiger partial charge in [0.2, 0.25) is 0 Å². The van der Waals surface area contributed by atoms with Crippen LogP contribution in [0.15, 0.2) is 54.6 Å². The molecule has 0 aliphatic heterocycles. The molecule has 3 rings (SSSR count). The molecule has 0 atom stereocenters. The summed E-state index contributed by atoms with van der Waals surface area (Å²) in [4.78, 5) is 16.1. The number of carboxylic acid groups (broad SMARTS) is 1. The monoisotopic (exact) mass is 375 g/mol. The molecular weight excluding hydrogens is 350 g/mol. The summed E-state index contributed by atoms with van der Waals surface area (Å²) < 4.78 is 1.93. The second-order valence-corrected chi connectivity index (χ2v) is 6.65. The number of carbonyl (C=O) groups is 1. The molecule has 0 unspecified atom stereocenters. The van der Waals surface area contributed by atoms with Crippen LogP contribution in [0.3, 0.4) is 0 Å². The number of carboxylic acids is 1. The normalized spacial score (nSPS) is 11.2. The average Bonchev–Trinajstić information content (AvgIpc) is 3.08. The van der Waals surface area contributed by atoms with Crippen molar-refractivity contribution in [3.05, 3.63) is 77.4 Å². The molecule has 5 nitrogen and oxygen atoms in total. The van der Waals surface area contributed by atoms with Crippen LogP contribution in [-0.2, 0) is 13.0 Å². The topological polar surface area (TPSA) is 68.0 Å². The Morgan fingerprint density at radius 1 is 1.11 bits per heavy atom. The van der Waals surface area contributed by atoms with Crippen molar-refractivity contribution >= 4 is 12.0 Å². The van der Waals surface area contributed by atoms with Gasteiger partial charge in [-0.2, -0.15) is 5.10 Å². The SMILES string of the molecule is CC/C=C/c1nc(CCC)nn1Cc1ccc(-c2ccccc2C(=O)O)cc1. The van der Waals surface area contributed by atoms with Crippen LogP contribution < -0.4 is 0 Å². The third kappa shape index (κ3) is 4.55. The summed E-state index contributed by atoms with van der Waals surface area (Å²) in [7, 11) is 0. The van der Waals surface area contributed by atoms with Gasteiger partial charge in [-0.25, -0.2) is 14.5 Å². The summed E-state index contributed by atoms with van der Waals surface area (Å²) in [6.45, 7) is 4.84. The lowest BCUT2D eigenvalue weighted by Gasteiger charge is -2.08. The van der Waals surface area contributed by atoms with Crippen molar-refractivity contribution in [3.63, 3.8) is 0 Å². The first-order valence-electron chi connectivity index (χ1n) is 9.64. The van der Waals surface area contributed by atoms with Crippen molar-refractivity contribution in [2.45, 2.75) is 39.7 Å². The van der Waals surface area contributed by atoms with Crippen LogP contribution in [0.5, 0.6) is 0 Å². The molecule has 2 aromatic carbocycles. The largest absolute Gasteiger partial charge is 0.478 e. The van der Waals surface area contributed by atoms with Gasteiger partial charge in [-0.15, -0.1) is 0 Å². The second kappa shape index (κ2) is 9.13. The number of aryl methyl sites for hydroxylation is 1. The van der Waals surface area contributed by atoms with Gasteiger partial charge in [0, 0.05) is 6.42 Å². The van der Waals surface area contributed by atoms with Crippen LogP contribution in [0.1, 0.15) is 54.3 Å². The highest BCUT2D eigenvalue weighted by Crippen LogP contribution is 2.24. The number of aromatic carboxylic acids is 1. The van der Waals surface area contributed by atoms with Crippen molar-refractivity contribution in [3.8, 4) is 11.1 Å². The Bertz CT molecular complexity index is 972. The van der Waals surface area contributed by atoms with Gasteiger partial charge >= 0.3 is 5.97 Å². The Hall–Kier alpha value is -3.21. The molecule has 0 fully saturated rings. The van der Waals surface area contributed by atoms with Crippen molar-refractivity contribution < 1.29 is 9.90 Å². The van der Waals surface area contributed by atoms with Gasteiger partial charge in [0.1, 0.15) is 0 Å². The summed E-state index contributed by atoms with van der Waals surface area (Å²) in [5.41, 5.74) is 3.01. The summed E-state index contributed by atoms with van der Waals surface area (Å²) in [5.74, 6) is 0.814. The number of aromatic nitrogens is 3. The quantitative estimate of drug-likeness (QED) is 0.597. The second-order valence-electron chi connectivity index (χ2n) is 6.65. The number of hydrogen-bond donors (Lipinski definition) is 1. The Labute approximate surface area is 165 Å². The van der Waals surface area contributed by atoms with E-state index in [-0.39, 0.29) is 0 Å². The molecule has 144 valence electrons. The van der Waals surface area contributed by atoms with Crippen molar-refractivity contribution in [1.29, 1.82) is 0 Å². The first-order chi connectivity index (χ1) is 13.6. The molecule has 3 aromatic rings. The molecular formula is C23H25N3O2. The Morgan fingerprint density at radius 3 is 2.54 bits per heavy atom. The maximum absolute atomic E-state index is 11.5. The van der Waals surface area contributed by atoms with Gasteiger partial charge in [-0.3, -0.25) is 0 Å². The molecule has 5 heteroatoms. The molecule has 0 amide bonds. The summed E-state index contributed by atoms with van der Waals surface area (Å²) >= 11 is 0. The van der Waals surface area contributed by atoms with Gasteiger partial charge in [0.15, 0.2) is 11.6 Å². The van der Waals surface area contributed by atoms with Crippen molar-refractivity contribution in [2.75, 3.05) is 0 Å². The van der Waals surface area contributed by atoms with Gasteiger partial charge in [-0.1, -0.05) is 62.4 Å². The molecule has 0 aliphatic rings. The van der Waals surface area contributed by atoms with Gasteiger partial charge in [0.25, 0.3) is 0 Å². The third-order valence-electron chi connectivity index (χ3n) is 4.48. The molecule has 0 aliphatic carbocycles. The fourth-order valence-electron chi connectivity index (χ4n) is 3.08. The Balaban J connectivity index is 1.85. The zero-order valence-electron chi connectivity index (χ0n) is 16.3. The first kappa shape index (κ1) is 19.5. The van der Waals surface area contributed by atoms with Crippen LogP contribution in [0.2, 0.25) is 0 Å². The lowest BCUT2D eigenvalue weighted by Crippen LogP contribution is -2.05. The molecule has 1 aromatic heterocycles. The lowest BCUT2D eigenvalue weighted by atomic mass is 9.99. The predicted octanol–water partition coefficient (Wildman–Crippen LogP) is 5.07. The molecule has 28 heavy (non-hydrogen) atoms. The van der Waals surface area contributed by atoms with Gasteiger partial charge < -0.3 is 5.11 Å². The third-order valence-corrected chi connectivity index (χ3v) is 4.48. The van der Waals surface area contributed by atoms with Crippen LogP contribution in [-0.4, -0.2) is 25.8 Å². The molecule has 1 heterocycles. The van der Waals surface area contributed by atoms with E-state index < -0.39 is 5.97 Å². The van der Waals surface area contributed by atoms with Crippen LogP contribution in [0.4, 0.5) is 0 Å². The molecule has 0 saturated heterocycles. The predicted molar refractivity (Wildman–Crippen MR) is 111 cm³/mol. The average molecular weight is 375 g/mol. The van der Waals surface area contributed by atoms with E-state index in [0.29, 0.717) is 12.1 Å². The Morgan fingerprint density at radius 2 is 1.86 bits per heavy atom. The van der Waals surface area contributed by atoms with Gasteiger partial charge in [0.05, 0.1) is 12.1 Å². The van der Waals surface area contributed by atoms with Gasteiger partial charge in [-0.05, 0) is 41.7 Å².